The number of hydrogen-bond donors (Lipinski definition) is 0. The zero-order valence-electron chi connectivity index (χ0n) is 22.8. The van der Waals surface area contributed by atoms with Gasteiger partial charge in [-0.2, -0.15) is 10.3 Å². The van der Waals surface area contributed by atoms with Crippen LogP contribution in [0, 0.1) is 23.3 Å². The summed E-state index contributed by atoms with van der Waals surface area (Å²) in [6, 6.07) is 11.3. The van der Waals surface area contributed by atoms with Crippen LogP contribution in [-0.2, 0) is 6.54 Å². The van der Waals surface area contributed by atoms with Gasteiger partial charge in [0.2, 0.25) is 6.19 Å². The molecule has 0 N–H and O–H groups in total. The lowest BCUT2D eigenvalue weighted by atomic mass is 9.79. The van der Waals surface area contributed by atoms with Crippen LogP contribution >= 0.6 is 23.2 Å². The highest BCUT2D eigenvalue weighted by molar-refractivity contribution is 6.36. The maximum atomic E-state index is 13.0. The number of carbonyl (C=O) groups excluding carboxylic acids is 1. The van der Waals surface area contributed by atoms with Crippen molar-refractivity contribution in [3.8, 4) is 17.3 Å². The van der Waals surface area contributed by atoms with Gasteiger partial charge in [0, 0.05) is 72.9 Å². The molecule has 40 heavy (non-hydrogen) atoms. The van der Waals surface area contributed by atoms with Crippen molar-refractivity contribution in [1.82, 2.24) is 14.7 Å². The summed E-state index contributed by atoms with van der Waals surface area (Å²) in [5.41, 5.74) is 3.26. The number of piperazine rings is 1. The van der Waals surface area contributed by atoms with E-state index in [9.17, 15) is 14.4 Å². The van der Waals surface area contributed by atoms with Gasteiger partial charge in [-0.05, 0) is 60.6 Å². The first kappa shape index (κ1) is 28.9. The minimum absolute atomic E-state index is 0.00940. The molecule has 2 aromatic rings. The van der Waals surface area contributed by atoms with Crippen LogP contribution in [0.3, 0.4) is 0 Å². The fourth-order valence-electron chi connectivity index (χ4n) is 6.51. The van der Waals surface area contributed by atoms with Gasteiger partial charge >= 0.3 is 0 Å². The van der Waals surface area contributed by atoms with Crippen LogP contribution in [0.5, 0.6) is 0 Å². The zero-order chi connectivity index (χ0) is 28.1. The summed E-state index contributed by atoms with van der Waals surface area (Å²) in [6.07, 6.45) is 9.28. The molecule has 0 spiro atoms. The summed E-state index contributed by atoms with van der Waals surface area (Å²) >= 11 is 13.6. The Balaban J connectivity index is 1.26. The van der Waals surface area contributed by atoms with Crippen molar-refractivity contribution in [3.05, 3.63) is 57.6 Å². The molecule has 5 rings (SSSR count). The molecule has 1 unspecified atom stereocenters. The van der Waals surface area contributed by atoms with Gasteiger partial charge in [-0.15, -0.1) is 0 Å². The maximum Gasteiger partial charge on any atom is 0.253 e. The maximum absolute atomic E-state index is 13.0. The quantitative estimate of drug-likeness (QED) is 0.341. The topological polar surface area (TPSA) is 62.9 Å². The van der Waals surface area contributed by atoms with E-state index in [-0.39, 0.29) is 12.6 Å². The fourth-order valence-corrected chi connectivity index (χ4v) is 7.12. The van der Waals surface area contributed by atoms with Crippen LogP contribution in [0.1, 0.15) is 54.4 Å². The van der Waals surface area contributed by atoms with E-state index in [1.54, 1.807) is 0 Å². The minimum Gasteiger partial charge on any atom is -0.355 e. The molecule has 0 bridgehead atoms. The molecular formula is C31H36Cl2FN5O. The molecule has 1 atom stereocenters. The molecule has 2 saturated heterocycles. The second-order valence-electron chi connectivity index (χ2n) is 11.1. The van der Waals surface area contributed by atoms with E-state index in [4.69, 9.17) is 23.2 Å². The number of benzene rings is 2. The number of hydrogen-bond acceptors (Lipinski definition) is 4. The normalized spacial score (nSPS) is 21.6. The first-order chi connectivity index (χ1) is 19.5. The third-order valence-electron chi connectivity index (χ3n) is 8.76. The summed E-state index contributed by atoms with van der Waals surface area (Å²) in [7, 11) is 0. The van der Waals surface area contributed by atoms with Crippen molar-refractivity contribution >= 4 is 34.9 Å². The van der Waals surface area contributed by atoms with Gasteiger partial charge in [-0.1, -0.05) is 54.6 Å². The second kappa shape index (κ2) is 13.3. The van der Waals surface area contributed by atoms with E-state index < -0.39 is 0 Å². The Kier molecular flexibility index (Phi) is 9.62. The van der Waals surface area contributed by atoms with Crippen molar-refractivity contribution in [3.63, 3.8) is 0 Å². The van der Waals surface area contributed by atoms with Crippen molar-refractivity contribution in [2.45, 2.75) is 45.1 Å². The Labute approximate surface area is 246 Å². The van der Waals surface area contributed by atoms with E-state index in [0.717, 1.165) is 35.5 Å². The van der Waals surface area contributed by atoms with E-state index >= 15 is 0 Å². The minimum atomic E-state index is -0.361. The summed E-state index contributed by atoms with van der Waals surface area (Å²) in [5, 5.41) is 10.6. The van der Waals surface area contributed by atoms with Gasteiger partial charge in [0.1, 0.15) is 12.5 Å². The number of amides is 1. The van der Waals surface area contributed by atoms with Crippen LogP contribution < -0.4 is 0 Å². The highest BCUT2D eigenvalue weighted by Crippen LogP contribution is 2.39. The number of likely N-dealkylation sites (tertiary alicyclic amines) is 1. The standard InChI is InChI=1S/C31H36Cl2FN5O/c32-28-18-25(22-6-8-24(9-7-22)31(40)38-16-14-37(13-11-34)15-17-38)19-29(33)27(28)20-39-12-10-26(30(39)36-21-35)23-4-2-1-3-5-23/h6-9,18-19,23,26H,1-5,10-17,20H2/b36-30-. The van der Waals surface area contributed by atoms with E-state index in [1.807, 2.05) is 52.4 Å². The van der Waals surface area contributed by atoms with Gasteiger partial charge in [0.25, 0.3) is 5.91 Å². The lowest BCUT2D eigenvalue weighted by molar-refractivity contribution is 0.0630. The van der Waals surface area contributed by atoms with E-state index in [1.165, 1.54) is 32.1 Å². The lowest BCUT2D eigenvalue weighted by Gasteiger charge is -2.34. The van der Waals surface area contributed by atoms with Crippen LogP contribution in [0.15, 0.2) is 41.4 Å². The summed E-state index contributed by atoms with van der Waals surface area (Å²) in [6.45, 7) is 4.02. The third-order valence-corrected chi connectivity index (χ3v) is 9.44. The number of nitrogens with zero attached hydrogens (tertiary/aromatic N) is 5. The van der Waals surface area contributed by atoms with Gasteiger partial charge in [-0.25, -0.2) is 4.39 Å². The Morgan fingerprint density at radius 1 is 0.950 bits per heavy atom. The van der Waals surface area contributed by atoms with Crippen LogP contribution in [0.25, 0.3) is 11.1 Å². The molecule has 9 heteroatoms. The molecule has 1 amide bonds. The lowest BCUT2D eigenvalue weighted by Crippen LogP contribution is -2.49. The van der Waals surface area contributed by atoms with Crippen LogP contribution in [-0.4, -0.2) is 72.4 Å². The molecule has 1 aliphatic carbocycles. The number of nitriles is 1. The Morgan fingerprint density at radius 3 is 2.25 bits per heavy atom. The van der Waals surface area contributed by atoms with Gasteiger partial charge in [0.15, 0.2) is 0 Å². The second-order valence-corrected chi connectivity index (χ2v) is 11.9. The van der Waals surface area contributed by atoms with Crippen molar-refractivity contribution in [2.75, 3.05) is 45.9 Å². The molecule has 6 nitrogen and oxygen atoms in total. The summed E-state index contributed by atoms with van der Waals surface area (Å²) in [4.78, 5) is 23.3. The molecular weight excluding hydrogens is 548 g/mol. The fraction of sp³-hybridized carbons (Fsp3) is 0.516. The van der Waals surface area contributed by atoms with Gasteiger partial charge < -0.3 is 9.80 Å². The highest BCUT2D eigenvalue weighted by Gasteiger charge is 2.36. The molecule has 3 aliphatic rings. The third kappa shape index (κ3) is 6.46. The Bertz CT molecular complexity index is 1240. The first-order valence-electron chi connectivity index (χ1n) is 14.4. The predicted octanol–water partition coefficient (Wildman–Crippen LogP) is 6.67. The number of aliphatic imine (C=N–C) groups is 1. The molecule has 0 radical (unpaired) electrons. The average Bonchev–Trinajstić information content (AvgIpc) is 3.38. The Morgan fingerprint density at radius 2 is 1.62 bits per heavy atom. The molecule has 2 aromatic carbocycles. The number of amidine groups is 1. The van der Waals surface area contributed by atoms with Crippen molar-refractivity contribution in [1.29, 1.82) is 5.26 Å². The highest BCUT2D eigenvalue weighted by atomic mass is 35.5. The molecule has 2 aliphatic heterocycles. The summed E-state index contributed by atoms with van der Waals surface area (Å²) in [5.74, 6) is 1.80. The largest absolute Gasteiger partial charge is 0.355 e. The monoisotopic (exact) mass is 583 g/mol. The predicted molar refractivity (Wildman–Crippen MR) is 158 cm³/mol. The first-order valence-corrected chi connectivity index (χ1v) is 15.1. The van der Waals surface area contributed by atoms with Gasteiger partial charge in [0.05, 0.1) is 0 Å². The molecule has 0 aromatic heterocycles. The van der Waals surface area contributed by atoms with Crippen LogP contribution in [0.2, 0.25) is 10.0 Å². The zero-order valence-corrected chi connectivity index (χ0v) is 24.3. The SMILES string of the molecule is N#C/N=C1/C(C2CCCCC2)CCN1Cc1c(Cl)cc(-c2ccc(C(=O)N3CCN(CCF)CC3)cc2)cc1Cl. The van der Waals surface area contributed by atoms with Crippen molar-refractivity contribution < 1.29 is 9.18 Å². The van der Waals surface area contributed by atoms with E-state index in [2.05, 4.69) is 9.89 Å². The van der Waals surface area contributed by atoms with Crippen molar-refractivity contribution in [2.24, 2.45) is 16.8 Å². The number of alkyl halides is 1. The van der Waals surface area contributed by atoms with Gasteiger partial charge in [-0.3, -0.25) is 9.69 Å². The summed E-state index contributed by atoms with van der Waals surface area (Å²) < 4.78 is 12.6. The average molecular weight is 585 g/mol. The number of rotatable bonds is 7. The molecule has 1 saturated carbocycles. The molecule has 2 heterocycles. The Hall–Kier alpha value is -2.66. The smallest absolute Gasteiger partial charge is 0.253 e. The van der Waals surface area contributed by atoms with Crippen LogP contribution in [0.4, 0.5) is 4.39 Å². The number of halogens is 3. The van der Waals surface area contributed by atoms with E-state index in [0.29, 0.717) is 66.7 Å². The molecule has 212 valence electrons. The number of carbonyl (C=O) groups is 1. The molecule has 3 fully saturated rings.